The molecule has 0 aromatic heterocycles. The number of nitrogens with zero attached hydrogens (tertiary/aromatic N) is 1. The zero-order valence-electron chi connectivity index (χ0n) is 17.8. The summed E-state index contributed by atoms with van der Waals surface area (Å²) < 4.78 is 5.74. The van der Waals surface area contributed by atoms with Crippen molar-refractivity contribution in [3.63, 3.8) is 0 Å². The molecule has 0 amide bonds. The van der Waals surface area contributed by atoms with Crippen molar-refractivity contribution < 1.29 is 24.3 Å². The molecule has 4 rings (SSSR count). The van der Waals surface area contributed by atoms with Gasteiger partial charge in [0.25, 0.3) is 0 Å². The van der Waals surface area contributed by atoms with Crippen molar-refractivity contribution in [2.45, 2.75) is 78.2 Å². The van der Waals surface area contributed by atoms with Crippen LogP contribution in [0, 0.1) is 28.6 Å². The van der Waals surface area contributed by atoms with Crippen molar-refractivity contribution in [1.82, 2.24) is 0 Å². The molecule has 0 aliphatic heterocycles. The fourth-order valence-corrected chi connectivity index (χ4v) is 7.16. The first kappa shape index (κ1) is 20.4. The molecule has 6 heteroatoms. The van der Waals surface area contributed by atoms with Gasteiger partial charge in [-0.25, -0.2) is 4.79 Å². The van der Waals surface area contributed by atoms with E-state index in [9.17, 15) is 9.59 Å². The molecular weight excluding hydrogens is 370 g/mol. The lowest BCUT2D eigenvalue weighted by Crippen LogP contribution is -2.51. The van der Waals surface area contributed by atoms with Gasteiger partial charge in [-0.2, -0.15) is 0 Å². The van der Waals surface area contributed by atoms with Crippen molar-refractivity contribution in [1.29, 1.82) is 0 Å². The van der Waals surface area contributed by atoms with Gasteiger partial charge in [0.1, 0.15) is 6.10 Å². The number of ether oxygens (including phenoxy) is 1. The second-order valence-corrected chi connectivity index (χ2v) is 9.97. The molecule has 0 aromatic carbocycles. The van der Waals surface area contributed by atoms with E-state index in [1.54, 1.807) is 0 Å². The molecule has 160 valence electrons. The number of hydrogen-bond acceptors (Lipinski definition) is 5. The third-order valence-corrected chi connectivity index (χ3v) is 8.57. The van der Waals surface area contributed by atoms with Crippen molar-refractivity contribution in [2.24, 2.45) is 33.7 Å². The summed E-state index contributed by atoms with van der Waals surface area (Å²) in [6.45, 7) is 5.92. The summed E-state index contributed by atoms with van der Waals surface area (Å²) in [5, 5.41) is 12.8. The fraction of sp³-hybridized carbons (Fsp3) is 0.783. The van der Waals surface area contributed by atoms with Crippen LogP contribution in [-0.4, -0.2) is 35.5 Å². The summed E-state index contributed by atoms with van der Waals surface area (Å²) in [6.07, 6.45) is 10.9. The third-order valence-electron chi connectivity index (χ3n) is 8.57. The Morgan fingerprint density at radius 1 is 1.14 bits per heavy atom. The number of carboxylic acid groups (broad SMARTS) is 1. The molecule has 4 aliphatic rings. The standard InChI is InChI=1S/C23H33NO5/c1-14(25)29-20-7-6-18-17-5-4-15-12-16(24-28-13-21(26)27)8-10-22(15,2)19(17)9-11-23(18,20)3/h12,17-20H,4-11,13H2,1-3H3,(H,26,27)/t17-,18-,19-,20-,22-,23-/m0/s1. The highest BCUT2D eigenvalue weighted by Gasteiger charge is 2.59. The average Bonchev–Trinajstić information content (AvgIpc) is 2.97. The summed E-state index contributed by atoms with van der Waals surface area (Å²) in [5.74, 6) is 0.843. The van der Waals surface area contributed by atoms with Crippen molar-refractivity contribution in [3.05, 3.63) is 11.6 Å². The Kier molecular flexibility index (Phi) is 5.24. The van der Waals surface area contributed by atoms with Crippen LogP contribution in [0.15, 0.2) is 16.8 Å². The van der Waals surface area contributed by atoms with Gasteiger partial charge in [0.05, 0.1) is 5.71 Å². The Balaban J connectivity index is 1.52. The minimum atomic E-state index is -1.00. The molecule has 6 nitrogen and oxygen atoms in total. The van der Waals surface area contributed by atoms with Gasteiger partial charge in [0.15, 0.2) is 0 Å². The Labute approximate surface area is 172 Å². The van der Waals surface area contributed by atoms with Crippen LogP contribution < -0.4 is 0 Å². The average molecular weight is 404 g/mol. The summed E-state index contributed by atoms with van der Waals surface area (Å²) in [5.41, 5.74) is 2.64. The van der Waals surface area contributed by atoms with Crippen LogP contribution >= 0.6 is 0 Å². The van der Waals surface area contributed by atoms with Gasteiger partial charge in [0.2, 0.25) is 6.61 Å². The molecule has 0 aromatic rings. The van der Waals surface area contributed by atoms with Crippen molar-refractivity contribution in [2.75, 3.05) is 6.61 Å². The lowest BCUT2D eigenvalue weighted by molar-refractivity contribution is -0.157. The van der Waals surface area contributed by atoms with Crippen LogP contribution in [0.5, 0.6) is 0 Å². The number of esters is 1. The molecule has 3 saturated carbocycles. The maximum Gasteiger partial charge on any atom is 0.344 e. The maximum atomic E-state index is 11.6. The van der Waals surface area contributed by atoms with Gasteiger partial charge in [-0.15, -0.1) is 0 Å². The number of carboxylic acids is 1. The van der Waals surface area contributed by atoms with E-state index >= 15 is 0 Å². The van der Waals surface area contributed by atoms with Crippen LogP contribution in [0.1, 0.15) is 72.1 Å². The molecule has 29 heavy (non-hydrogen) atoms. The van der Waals surface area contributed by atoms with Gasteiger partial charge in [-0.3, -0.25) is 4.79 Å². The molecule has 6 atom stereocenters. The van der Waals surface area contributed by atoms with E-state index in [1.165, 1.54) is 31.8 Å². The van der Waals surface area contributed by atoms with E-state index < -0.39 is 12.6 Å². The molecule has 4 aliphatic carbocycles. The van der Waals surface area contributed by atoms with Gasteiger partial charge < -0.3 is 14.7 Å². The molecule has 0 unspecified atom stereocenters. The number of fused-ring (bicyclic) bond motifs is 5. The van der Waals surface area contributed by atoms with Gasteiger partial charge in [-0.05, 0) is 80.6 Å². The molecule has 1 N–H and O–H groups in total. The molecule has 0 bridgehead atoms. The Hall–Kier alpha value is -1.85. The predicted octanol–water partition coefficient (Wildman–Crippen LogP) is 4.34. The van der Waals surface area contributed by atoms with Crippen LogP contribution in [-0.2, 0) is 19.2 Å². The monoisotopic (exact) mass is 403 g/mol. The van der Waals surface area contributed by atoms with Crippen molar-refractivity contribution >= 4 is 17.7 Å². The number of carbonyl (C=O) groups excluding carboxylic acids is 1. The number of carbonyl (C=O) groups is 2. The SMILES string of the molecule is CC(=O)O[C@H]1CC[C@H]2[C@@H]3CCC4=CC(=NOCC(=O)O)CC[C@]4(C)[C@H]3CC[C@]12C. The van der Waals surface area contributed by atoms with Crippen LogP contribution in [0.25, 0.3) is 0 Å². The lowest BCUT2D eigenvalue weighted by Gasteiger charge is -2.58. The highest BCUT2D eigenvalue weighted by Crippen LogP contribution is 2.65. The van der Waals surface area contributed by atoms with E-state index in [2.05, 4.69) is 25.1 Å². The summed E-state index contributed by atoms with van der Waals surface area (Å²) in [7, 11) is 0. The highest BCUT2D eigenvalue weighted by atomic mass is 16.6. The third kappa shape index (κ3) is 3.49. The highest BCUT2D eigenvalue weighted by molar-refractivity contribution is 5.96. The van der Waals surface area contributed by atoms with Crippen molar-refractivity contribution in [3.8, 4) is 0 Å². The van der Waals surface area contributed by atoms with E-state index in [-0.39, 0.29) is 22.9 Å². The summed E-state index contributed by atoms with van der Waals surface area (Å²) in [6, 6.07) is 0. The van der Waals surface area contributed by atoms with Gasteiger partial charge >= 0.3 is 11.9 Å². The summed E-state index contributed by atoms with van der Waals surface area (Å²) >= 11 is 0. The smallest absolute Gasteiger partial charge is 0.344 e. The first-order chi connectivity index (χ1) is 13.7. The normalized spacial score (nSPS) is 42.3. The van der Waals surface area contributed by atoms with E-state index in [4.69, 9.17) is 14.7 Å². The Bertz CT molecular complexity index is 758. The number of oxime groups is 1. The van der Waals surface area contributed by atoms with Gasteiger partial charge in [0, 0.05) is 12.3 Å². The van der Waals surface area contributed by atoms with Gasteiger partial charge in [-0.1, -0.05) is 24.6 Å². The minimum Gasteiger partial charge on any atom is -0.479 e. The fourth-order valence-electron chi connectivity index (χ4n) is 7.16. The lowest BCUT2D eigenvalue weighted by atomic mass is 9.47. The number of allylic oxidation sites excluding steroid dienone is 2. The first-order valence-electron chi connectivity index (χ1n) is 11.0. The molecule has 0 radical (unpaired) electrons. The molecule has 0 spiro atoms. The Morgan fingerprint density at radius 2 is 1.93 bits per heavy atom. The Morgan fingerprint density at radius 3 is 2.66 bits per heavy atom. The van der Waals surface area contributed by atoms with Crippen LogP contribution in [0.4, 0.5) is 0 Å². The van der Waals surface area contributed by atoms with E-state index in [0.29, 0.717) is 17.8 Å². The molecule has 3 fully saturated rings. The first-order valence-corrected chi connectivity index (χ1v) is 11.0. The van der Waals surface area contributed by atoms with E-state index in [1.807, 2.05) is 0 Å². The zero-order valence-corrected chi connectivity index (χ0v) is 17.8. The van der Waals surface area contributed by atoms with E-state index in [0.717, 1.165) is 37.8 Å². The van der Waals surface area contributed by atoms with Crippen LogP contribution in [0.2, 0.25) is 0 Å². The predicted molar refractivity (Wildman–Crippen MR) is 108 cm³/mol. The zero-order chi connectivity index (χ0) is 20.8. The molecular formula is C23H33NO5. The minimum absolute atomic E-state index is 0.0761. The number of rotatable bonds is 4. The second-order valence-electron chi connectivity index (χ2n) is 9.97. The number of hydrogen-bond donors (Lipinski definition) is 1. The molecule has 0 heterocycles. The van der Waals surface area contributed by atoms with Crippen LogP contribution in [0.3, 0.4) is 0 Å². The maximum absolute atomic E-state index is 11.6. The topological polar surface area (TPSA) is 85.2 Å². The molecule has 0 saturated heterocycles. The quantitative estimate of drug-likeness (QED) is 0.557. The summed E-state index contributed by atoms with van der Waals surface area (Å²) in [4.78, 5) is 27.2. The largest absolute Gasteiger partial charge is 0.479 e. The number of aliphatic carboxylic acids is 1. The second kappa shape index (κ2) is 7.44.